The van der Waals surface area contributed by atoms with Gasteiger partial charge in [-0.1, -0.05) is 30.3 Å². The number of oxazole rings is 1. The molecule has 2 heterocycles. The minimum Gasteiger partial charge on any atom is -0.423 e. The van der Waals surface area contributed by atoms with E-state index < -0.39 is 0 Å². The second-order valence-electron chi connectivity index (χ2n) is 7.61. The largest absolute Gasteiger partial charge is 0.423 e. The maximum atomic E-state index is 12.8. The van der Waals surface area contributed by atoms with Crippen LogP contribution < -0.4 is 10.2 Å². The van der Waals surface area contributed by atoms with Crippen LogP contribution >= 0.6 is 0 Å². The Labute approximate surface area is 165 Å². The number of carbonyl (C=O) groups excluding carboxylic acids is 1. The molecular weight excluding hydrogens is 352 g/mol. The van der Waals surface area contributed by atoms with Gasteiger partial charge in [0, 0.05) is 31.2 Å². The zero-order chi connectivity index (χ0) is 19.5. The summed E-state index contributed by atoms with van der Waals surface area (Å²) in [6.07, 6.45) is 1.58. The quantitative estimate of drug-likeness (QED) is 0.733. The van der Waals surface area contributed by atoms with E-state index in [1.807, 2.05) is 56.6 Å². The Morgan fingerprint density at radius 1 is 1.14 bits per heavy atom. The standard InChI is InChI=1S/C22H26N4O2/c1-25(2)15-17-7-3-4-8-18(17)23-21(27)16-11-13-26(14-12-16)22-24-19-9-5-6-10-20(19)28-22/h3-10,16H,11-15H2,1-2H3,(H,23,27). The van der Waals surface area contributed by atoms with Crippen LogP contribution in [-0.2, 0) is 11.3 Å². The molecule has 1 amide bonds. The van der Waals surface area contributed by atoms with Gasteiger partial charge in [-0.25, -0.2) is 0 Å². The molecule has 0 bridgehead atoms. The topological polar surface area (TPSA) is 61.6 Å². The SMILES string of the molecule is CN(C)Cc1ccccc1NC(=O)C1CCN(c2nc3ccccc3o2)CC1. The van der Waals surface area contributed by atoms with Crippen LogP contribution in [0.2, 0.25) is 0 Å². The second-order valence-corrected chi connectivity index (χ2v) is 7.61. The zero-order valence-electron chi connectivity index (χ0n) is 16.4. The van der Waals surface area contributed by atoms with Gasteiger partial charge in [0.2, 0.25) is 5.91 Å². The molecule has 0 spiro atoms. The first-order chi connectivity index (χ1) is 13.6. The van der Waals surface area contributed by atoms with Gasteiger partial charge in [0.1, 0.15) is 5.52 Å². The minimum absolute atomic E-state index is 0.00744. The summed E-state index contributed by atoms with van der Waals surface area (Å²) >= 11 is 0. The van der Waals surface area contributed by atoms with Crippen LogP contribution in [0.3, 0.4) is 0 Å². The highest BCUT2D eigenvalue weighted by atomic mass is 16.4. The summed E-state index contributed by atoms with van der Waals surface area (Å²) in [6, 6.07) is 16.4. The summed E-state index contributed by atoms with van der Waals surface area (Å²) in [7, 11) is 4.06. The fraction of sp³-hybridized carbons (Fsp3) is 0.364. The average molecular weight is 378 g/mol. The Balaban J connectivity index is 1.38. The maximum absolute atomic E-state index is 12.8. The van der Waals surface area contributed by atoms with Gasteiger partial charge in [0.15, 0.2) is 5.58 Å². The van der Waals surface area contributed by atoms with Gasteiger partial charge in [0.25, 0.3) is 6.01 Å². The van der Waals surface area contributed by atoms with Crippen molar-refractivity contribution in [3.8, 4) is 0 Å². The number of benzene rings is 2. The van der Waals surface area contributed by atoms with Crippen LogP contribution in [0.4, 0.5) is 11.7 Å². The van der Waals surface area contributed by atoms with Crippen molar-refractivity contribution in [3.63, 3.8) is 0 Å². The van der Waals surface area contributed by atoms with Crippen LogP contribution in [0, 0.1) is 5.92 Å². The smallest absolute Gasteiger partial charge is 0.298 e. The molecule has 0 saturated carbocycles. The number of piperidine rings is 1. The van der Waals surface area contributed by atoms with Crippen LogP contribution in [0.5, 0.6) is 0 Å². The lowest BCUT2D eigenvalue weighted by atomic mass is 9.96. The normalized spacial score (nSPS) is 15.3. The van der Waals surface area contributed by atoms with Crippen LogP contribution in [0.25, 0.3) is 11.1 Å². The molecule has 1 fully saturated rings. The molecule has 28 heavy (non-hydrogen) atoms. The molecule has 0 atom stereocenters. The molecule has 4 rings (SSSR count). The second kappa shape index (κ2) is 8.02. The van der Waals surface area contributed by atoms with Crippen molar-refractivity contribution in [2.24, 2.45) is 5.92 Å². The van der Waals surface area contributed by atoms with Gasteiger partial charge in [-0.2, -0.15) is 4.98 Å². The maximum Gasteiger partial charge on any atom is 0.298 e. The summed E-state index contributed by atoms with van der Waals surface area (Å²) in [5.74, 6) is 0.108. The Morgan fingerprint density at radius 3 is 2.61 bits per heavy atom. The fourth-order valence-electron chi connectivity index (χ4n) is 3.68. The third kappa shape index (κ3) is 4.02. The molecule has 1 aliphatic heterocycles. The molecule has 0 radical (unpaired) electrons. The van der Waals surface area contributed by atoms with E-state index in [9.17, 15) is 4.79 Å². The third-order valence-corrected chi connectivity index (χ3v) is 5.18. The molecule has 1 saturated heterocycles. The number of hydrogen-bond donors (Lipinski definition) is 1. The van der Waals surface area contributed by atoms with E-state index in [2.05, 4.69) is 26.2 Å². The molecule has 146 valence electrons. The number of nitrogens with zero attached hydrogens (tertiary/aromatic N) is 3. The summed E-state index contributed by atoms with van der Waals surface area (Å²) in [5, 5.41) is 3.14. The molecule has 1 aliphatic rings. The Kier molecular flexibility index (Phi) is 5.30. The van der Waals surface area contributed by atoms with E-state index >= 15 is 0 Å². The van der Waals surface area contributed by atoms with Crippen molar-refractivity contribution in [2.75, 3.05) is 37.4 Å². The highest BCUT2D eigenvalue weighted by Crippen LogP contribution is 2.27. The van der Waals surface area contributed by atoms with Gasteiger partial charge in [0.05, 0.1) is 0 Å². The number of anilines is 2. The van der Waals surface area contributed by atoms with Gasteiger partial charge < -0.3 is 19.5 Å². The van der Waals surface area contributed by atoms with Crippen LogP contribution in [-0.4, -0.2) is 43.0 Å². The van der Waals surface area contributed by atoms with Gasteiger partial charge in [-0.05, 0) is 50.7 Å². The van der Waals surface area contributed by atoms with E-state index in [0.717, 1.165) is 54.8 Å². The number of aromatic nitrogens is 1. The Bertz CT molecular complexity index is 925. The number of fused-ring (bicyclic) bond motifs is 1. The predicted octanol–water partition coefficient (Wildman–Crippen LogP) is 3.74. The lowest BCUT2D eigenvalue weighted by Gasteiger charge is -2.30. The average Bonchev–Trinajstić information content (AvgIpc) is 3.13. The third-order valence-electron chi connectivity index (χ3n) is 5.18. The first-order valence-electron chi connectivity index (χ1n) is 9.74. The number of hydrogen-bond acceptors (Lipinski definition) is 5. The van der Waals surface area contributed by atoms with Gasteiger partial charge in [-0.15, -0.1) is 0 Å². The van der Waals surface area contributed by atoms with E-state index in [1.165, 1.54) is 0 Å². The molecule has 0 aliphatic carbocycles. The van der Waals surface area contributed by atoms with Crippen molar-refractivity contribution in [1.29, 1.82) is 0 Å². The van der Waals surface area contributed by atoms with E-state index in [-0.39, 0.29) is 11.8 Å². The van der Waals surface area contributed by atoms with Crippen molar-refractivity contribution >= 4 is 28.7 Å². The molecule has 6 heteroatoms. The molecule has 1 N–H and O–H groups in total. The van der Waals surface area contributed by atoms with Crippen molar-refractivity contribution in [2.45, 2.75) is 19.4 Å². The first kappa shape index (κ1) is 18.5. The number of carbonyl (C=O) groups is 1. The number of amides is 1. The van der Waals surface area contributed by atoms with Gasteiger partial charge >= 0.3 is 0 Å². The number of nitrogens with one attached hydrogen (secondary N) is 1. The molecule has 3 aromatic rings. The highest BCUT2D eigenvalue weighted by molar-refractivity contribution is 5.93. The first-order valence-corrected chi connectivity index (χ1v) is 9.74. The van der Waals surface area contributed by atoms with Gasteiger partial charge in [-0.3, -0.25) is 4.79 Å². The Morgan fingerprint density at radius 2 is 1.86 bits per heavy atom. The zero-order valence-corrected chi connectivity index (χ0v) is 16.4. The lowest BCUT2D eigenvalue weighted by Crippen LogP contribution is -2.38. The number of rotatable bonds is 5. The number of para-hydroxylation sites is 3. The molecule has 0 unspecified atom stereocenters. The molecule has 1 aromatic heterocycles. The van der Waals surface area contributed by atoms with E-state index in [4.69, 9.17) is 4.42 Å². The molecule has 2 aromatic carbocycles. The van der Waals surface area contributed by atoms with E-state index in [1.54, 1.807) is 0 Å². The Hall–Kier alpha value is -2.86. The molecular formula is C22H26N4O2. The summed E-state index contributed by atoms with van der Waals surface area (Å²) in [5.41, 5.74) is 3.71. The predicted molar refractivity (Wildman–Crippen MR) is 111 cm³/mol. The van der Waals surface area contributed by atoms with Crippen molar-refractivity contribution in [1.82, 2.24) is 9.88 Å². The summed E-state index contributed by atoms with van der Waals surface area (Å²) in [6.45, 7) is 2.33. The summed E-state index contributed by atoms with van der Waals surface area (Å²) < 4.78 is 5.86. The molecule has 6 nitrogen and oxygen atoms in total. The lowest BCUT2D eigenvalue weighted by molar-refractivity contribution is -0.120. The summed E-state index contributed by atoms with van der Waals surface area (Å²) in [4.78, 5) is 21.6. The van der Waals surface area contributed by atoms with Crippen molar-refractivity contribution < 1.29 is 9.21 Å². The minimum atomic E-state index is 0.00744. The van der Waals surface area contributed by atoms with Crippen LogP contribution in [0.15, 0.2) is 52.9 Å². The van der Waals surface area contributed by atoms with E-state index in [0.29, 0.717) is 6.01 Å². The van der Waals surface area contributed by atoms with Crippen LogP contribution in [0.1, 0.15) is 18.4 Å². The van der Waals surface area contributed by atoms with Crippen molar-refractivity contribution in [3.05, 3.63) is 54.1 Å². The highest BCUT2D eigenvalue weighted by Gasteiger charge is 2.27. The fourth-order valence-corrected chi connectivity index (χ4v) is 3.68. The monoisotopic (exact) mass is 378 g/mol.